The largest absolute Gasteiger partial charge is 0.317 e. The number of nitrogens with zero attached hydrogens (tertiary/aromatic N) is 4. The number of hydrogen-bond donors (Lipinski definition) is 1. The van der Waals surface area contributed by atoms with Gasteiger partial charge < -0.3 is 5.32 Å². The van der Waals surface area contributed by atoms with Crippen LogP contribution in [0.25, 0.3) is 10.9 Å². The Hall–Kier alpha value is -3.81. The Kier molecular flexibility index (Phi) is 5.85. The highest BCUT2D eigenvalue weighted by molar-refractivity contribution is 6.04. The van der Waals surface area contributed by atoms with Crippen LogP contribution in [0.4, 0.5) is 10.1 Å². The molecule has 164 valence electrons. The molecule has 1 N–H and O–H groups in total. The van der Waals surface area contributed by atoms with E-state index in [9.17, 15) is 14.0 Å². The van der Waals surface area contributed by atoms with Crippen molar-refractivity contribution in [2.75, 3.05) is 5.32 Å². The number of aromatic nitrogens is 4. The molecule has 4 rings (SSSR count). The van der Waals surface area contributed by atoms with Crippen LogP contribution in [0.3, 0.4) is 0 Å². The first kappa shape index (κ1) is 21.4. The number of amides is 1. The number of hydrogen-bond acceptors (Lipinski definition) is 4. The Morgan fingerprint density at radius 2 is 1.81 bits per heavy atom. The van der Waals surface area contributed by atoms with Crippen molar-refractivity contribution in [3.8, 4) is 0 Å². The maximum Gasteiger partial charge on any atom is 0.280 e. The summed E-state index contributed by atoms with van der Waals surface area (Å²) in [6.45, 7) is 6.59. The van der Waals surface area contributed by atoms with Gasteiger partial charge in [-0.3, -0.25) is 19.0 Å². The molecule has 0 aliphatic heterocycles. The van der Waals surface area contributed by atoms with E-state index >= 15 is 0 Å². The van der Waals surface area contributed by atoms with Crippen molar-refractivity contribution in [1.29, 1.82) is 0 Å². The lowest BCUT2D eigenvalue weighted by Crippen LogP contribution is -2.27. The summed E-state index contributed by atoms with van der Waals surface area (Å²) in [6.07, 6.45) is 0.801. The second-order valence-electron chi connectivity index (χ2n) is 7.61. The normalized spacial score (nSPS) is 11.1. The van der Waals surface area contributed by atoms with Crippen molar-refractivity contribution in [2.45, 2.75) is 40.3 Å². The standard InChI is InChI=1S/C24H24FN5O2/c1-4-29-20-11-10-18(25)14-19(20)23(31)22(28-29)24(32)26-21-15(2)27-30(16(21)3)13-12-17-8-6-5-7-9-17/h5-11,14H,4,12-13H2,1-3H3,(H,26,32). The number of carbonyl (C=O) groups is 1. The molecule has 0 saturated carbocycles. The van der Waals surface area contributed by atoms with Crippen molar-refractivity contribution in [1.82, 2.24) is 19.6 Å². The van der Waals surface area contributed by atoms with Gasteiger partial charge in [0.2, 0.25) is 5.43 Å². The van der Waals surface area contributed by atoms with E-state index in [1.807, 2.05) is 36.7 Å². The van der Waals surface area contributed by atoms with E-state index in [1.165, 1.54) is 22.4 Å². The second-order valence-corrected chi connectivity index (χ2v) is 7.61. The van der Waals surface area contributed by atoms with Crippen LogP contribution in [0.2, 0.25) is 0 Å². The van der Waals surface area contributed by atoms with E-state index in [1.54, 1.807) is 6.92 Å². The summed E-state index contributed by atoms with van der Waals surface area (Å²) in [6, 6.07) is 14.0. The van der Waals surface area contributed by atoms with Gasteiger partial charge >= 0.3 is 0 Å². The molecule has 8 heteroatoms. The molecule has 2 aromatic carbocycles. The van der Waals surface area contributed by atoms with Gasteiger partial charge in [-0.1, -0.05) is 30.3 Å². The monoisotopic (exact) mass is 433 g/mol. The molecule has 7 nitrogen and oxygen atoms in total. The van der Waals surface area contributed by atoms with Gasteiger partial charge in [-0.25, -0.2) is 4.39 Å². The van der Waals surface area contributed by atoms with Crippen LogP contribution in [-0.2, 0) is 19.5 Å². The Balaban J connectivity index is 1.63. The van der Waals surface area contributed by atoms with Crippen LogP contribution in [0.15, 0.2) is 53.3 Å². The Morgan fingerprint density at radius 3 is 2.53 bits per heavy atom. The van der Waals surface area contributed by atoms with Crippen molar-refractivity contribution in [3.05, 3.63) is 87.2 Å². The molecule has 0 radical (unpaired) electrons. The van der Waals surface area contributed by atoms with E-state index in [2.05, 4.69) is 27.6 Å². The first-order valence-corrected chi connectivity index (χ1v) is 10.5. The minimum atomic E-state index is -0.642. The first-order chi connectivity index (χ1) is 15.4. The van der Waals surface area contributed by atoms with Crippen LogP contribution < -0.4 is 10.7 Å². The highest BCUT2D eigenvalue weighted by atomic mass is 19.1. The highest BCUT2D eigenvalue weighted by Crippen LogP contribution is 2.21. The average molecular weight is 433 g/mol. The Labute approximate surface area is 184 Å². The van der Waals surface area contributed by atoms with Crippen molar-refractivity contribution < 1.29 is 9.18 Å². The fourth-order valence-corrected chi connectivity index (χ4v) is 3.80. The van der Waals surface area contributed by atoms with Gasteiger partial charge in [0.25, 0.3) is 5.91 Å². The van der Waals surface area contributed by atoms with Gasteiger partial charge in [0.05, 0.1) is 28.0 Å². The van der Waals surface area contributed by atoms with Crippen molar-refractivity contribution >= 4 is 22.5 Å². The SMILES string of the molecule is CCn1nc(C(=O)Nc2c(C)nn(CCc3ccccc3)c2C)c(=O)c2cc(F)ccc21. The van der Waals surface area contributed by atoms with Gasteiger partial charge in [-0.05, 0) is 51.0 Å². The maximum atomic E-state index is 13.8. The minimum Gasteiger partial charge on any atom is -0.317 e. The number of benzene rings is 2. The van der Waals surface area contributed by atoms with Gasteiger partial charge in [-0.15, -0.1) is 0 Å². The topological polar surface area (TPSA) is 81.8 Å². The zero-order valence-corrected chi connectivity index (χ0v) is 18.2. The molecule has 0 bridgehead atoms. The predicted molar refractivity (Wildman–Crippen MR) is 121 cm³/mol. The zero-order valence-electron chi connectivity index (χ0n) is 18.2. The third-order valence-electron chi connectivity index (χ3n) is 5.51. The molecule has 0 atom stereocenters. The number of fused-ring (bicyclic) bond motifs is 1. The summed E-state index contributed by atoms with van der Waals surface area (Å²) < 4.78 is 17.1. The molecule has 0 aliphatic carbocycles. The number of rotatable bonds is 6. The molecule has 0 fully saturated rings. The van der Waals surface area contributed by atoms with Crippen LogP contribution in [0, 0.1) is 19.7 Å². The Bertz CT molecular complexity index is 1360. The smallest absolute Gasteiger partial charge is 0.280 e. The van der Waals surface area contributed by atoms with E-state index in [0.29, 0.717) is 30.0 Å². The van der Waals surface area contributed by atoms with E-state index in [4.69, 9.17) is 0 Å². The predicted octanol–water partition coefficient (Wildman–Crippen LogP) is 3.86. The molecule has 1 amide bonds. The summed E-state index contributed by atoms with van der Waals surface area (Å²) in [4.78, 5) is 25.9. The second kappa shape index (κ2) is 8.74. The molecule has 0 saturated heterocycles. The number of nitrogens with one attached hydrogen (secondary N) is 1. The summed E-state index contributed by atoms with van der Waals surface area (Å²) in [5, 5.41) is 11.7. The molecule has 32 heavy (non-hydrogen) atoms. The van der Waals surface area contributed by atoms with Crippen molar-refractivity contribution in [2.24, 2.45) is 0 Å². The van der Waals surface area contributed by atoms with Gasteiger partial charge in [0, 0.05) is 13.1 Å². The average Bonchev–Trinajstić information content (AvgIpc) is 3.06. The fraction of sp³-hybridized carbons (Fsp3) is 0.250. The Morgan fingerprint density at radius 1 is 1.06 bits per heavy atom. The third-order valence-corrected chi connectivity index (χ3v) is 5.51. The summed E-state index contributed by atoms with van der Waals surface area (Å²) in [5.41, 5.74) is 2.77. The lowest BCUT2D eigenvalue weighted by molar-refractivity contribution is 0.101. The maximum absolute atomic E-state index is 13.8. The van der Waals surface area contributed by atoms with Gasteiger partial charge in [0.15, 0.2) is 5.69 Å². The highest BCUT2D eigenvalue weighted by Gasteiger charge is 2.21. The van der Waals surface area contributed by atoms with E-state index in [0.717, 1.165) is 18.2 Å². The van der Waals surface area contributed by atoms with Crippen LogP contribution in [0.1, 0.15) is 34.4 Å². The number of aryl methyl sites for hydroxylation is 4. The molecule has 4 aromatic rings. The summed E-state index contributed by atoms with van der Waals surface area (Å²) in [7, 11) is 0. The zero-order chi connectivity index (χ0) is 22.8. The third kappa shape index (κ3) is 4.03. The fourth-order valence-electron chi connectivity index (χ4n) is 3.80. The number of halogens is 1. The number of carbonyl (C=O) groups excluding carboxylic acids is 1. The quantitative estimate of drug-likeness (QED) is 0.501. The molecular formula is C24H24FN5O2. The molecular weight excluding hydrogens is 409 g/mol. The van der Waals surface area contributed by atoms with Crippen molar-refractivity contribution in [3.63, 3.8) is 0 Å². The summed E-state index contributed by atoms with van der Waals surface area (Å²) >= 11 is 0. The van der Waals surface area contributed by atoms with E-state index < -0.39 is 17.2 Å². The molecule has 2 heterocycles. The molecule has 0 unspecified atom stereocenters. The van der Waals surface area contributed by atoms with Gasteiger partial charge in [-0.2, -0.15) is 10.2 Å². The molecule has 2 aromatic heterocycles. The minimum absolute atomic E-state index is 0.124. The van der Waals surface area contributed by atoms with Crippen LogP contribution >= 0.6 is 0 Å². The number of anilines is 1. The van der Waals surface area contributed by atoms with Gasteiger partial charge in [0.1, 0.15) is 5.82 Å². The first-order valence-electron chi connectivity index (χ1n) is 10.5. The van der Waals surface area contributed by atoms with Crippen LogP contribution in [-0.4, -0.2) is 25.5 Å². The molecule has 0 spiro atoms. The lowest BCUT2D eigenvalue weighted by Gasteiger charge is -2.11. The lowest BCUT2D eigenvalue weighted by atomic mass is 10.1. The molecule has 0 aliphatic rings. The summed E-state index contributed by atoms with van der Waals surface area (Å²) in [5.74, 6) is -1.18. The van der Waals surface area contributed by atoms with E-state index in [-0.39, 0.29) is 11.1 Å². The van der Waals surface area contributed by atoms with Crippen LogP contribution in [0.5, 0.6) is 0 Å².